The first kappa shape index (κ1) is 23.0. The Labute approximate surface area is 204 Å². The molecule has 35 heavy (non-hydrogen) atoms. The van der Waals surface area contributed by atoms with Gasteiger partial charge in [-0.3, -0.25) is 4.68 Å². The number of benzene rings is 2. The van der Waals surface area contributed by atoms with Crippen molar-refractivity contribution in [1.82, 2.24) is 28.6 Å². The van der Waals surface area contributed by atoms with Crippen LogP contribution in [0.15, 0.2) is 67.1 Å². The maximum atomic E-state index is 12.7. The molecule has 10 heteroatoms. The summed E-state index contributed by atoms with van der Waals surface area (Å²) in [6.45, 7) is 3.36. The van der Waals surface area contributed by atoms with Gasteiger partial charge in [0.2, 0.25) is 16.0 Å². The van der Waals surface area contributed by atoms with Crippen LogP contribution in [0.2, 0.25) is 0 Å². The molecule has 9 nitrogen and oxygen atoms in total. The number of nitrogens with one attached hydrogen (secondary N) is 1. The molecule has 0 saturated carbocycles. The minimum absolute atomic E-state index is 0.00982. The first-order chi connectivity index (χ1) is 16.9. The van der Waals surface area contributed by atoms with Crippen molar-refractivity contribution in [3.8, 4) is 11.3 Å². The van der Waals surface area contributed by atoms with Crippen molar-refractivity contribution in [2.45, 2.75) is 13.5 Å². The molecule has 0 unspecified atom stereocenters. The van der Waals surface area contributed by atoms with E-state index in [0.29, 0.717) is 17.2 Å². The Kier molecular flexibility index (Phi) is 6.00. The molecular weight excluding hydrogens is 462 g/mol. The lowest BCUT2D eigenvalue weighted by Gasteiger charge is -2.10. The van der Waals surface area contributed by atoms with Gasteiger partial charge in [0.05, 0.1) is 35.2 Å². The third-order valence-electron chi connectivity index (χ3n) is 5.93. The molecule has 5 aromatic rings. The Hall–Kier alpha value is -3.76. The molecule has 3 heterocycles. The Morgan fingerprint density at radius 1 is 1.06 bits per heavy atom. The quantitative estimate of drug-likeness (QED) is 0.352. The summed E-state index contributed by atoms with van der Waals surface area (Å²) < 4.78 is 28.7. The van der Waals surface area contributed by atoms with Crippen molar-refractivity contribution in [3.05, 3.63) is 67.1 Å². The van der Waals surface area contributed by atoms with Gasteiger partial charge in [-0.15, -0.1) is 0 Å². The van der Waals surface area contributed by atoms with Crippen molar-refractivity contribution in [2.24, 2.45) is 0 Å². The molecule has 0 bridgehead atoms. The highest BCUT2D eigenvalue weighted by Gasteiger charge is 2.19. The summed E-state index contributed by atoms with van der Waals surface area (Å²) in [4.78, 5) is 11.2. The normalized spacial score (nSPS) is 12.1. The zero-order valence-electron chi connectivity index (χ0n) is 19.9. The van der Waals surface area contributed by atoms with Gasteiger partial charge in [0, 0.05) is 41.0 Å². The van der Waals surface area contributed by atoms with E-state index in [1.165, 1.54) is 3.97 Å². The highest BCUT2D eigenvalue weighted by atomic mass is 32.2. The fraction of sp³-hybridized carbons (Fsp3) is 0.240. The minimum Gasteiger partial charge on any atom is -0.324 e. The van der Waals surface area contributed by atoms with E-state index < -0.39 is 10.0 Å². The summed E-state index contributed by atoms with van der Waals surface area (Å²) in [7, 11) is 0.636. The summed E-state index contributed by atoms with van der Waals surface area (Å²) in [6, 6.07) is 15.3. The van der Waals surface area contributed by atoms with Crippen molar-refractivity contribution >= 4 is 43.5 Å². The number of para-hydroxylation sites is 1. The van der Waals surface area contributed by atoms with Crippen LogP contribution in [0.4, 0.5) is 11.6 Å². The average molecular weight is 490 g/mol. The van der Waals surface area contributed by atoms with Crippen molar-refractivity contribution < 1.29 is 8.42 Å². The fourth-order valence-corrected chi connectivity index (χ4v) is 5.06. The monoisotopic (exact) mass is 489 g/mol. The minimum atomic E-state index is -3.45. The van der Waals surface area contributed by atoms with Crippen LogP contribution >= 0.6 is 0 Å². The number of rotatable bonds is 8. The predicted molar refractivity (Wildman–Crippen MR) is 139 cm³/mol. The molecule has 0 aliphatic rings. The second-order valence-corrected chi connectivity index (χ2v) is 10.7. The Morgan fingerprint density at radius 3 is 2.69 bits per heavy atom. The van der Waals surface area contributed by atoms with Gasteiger partial charge in [-0.1, -0.05) is 18.2 Å². The van der Waals surface area contributed by atoms with Gasteiger partial charge >= 0.3 is 0 Å². The Morgan fingerprint density at radius 2 is 1.89 bits per heavy atom. The molecule has 0 atom stereocenters. The third-order valence-corrected chi connectivity index (χ3v) is 7.56. The van der Waals surface area contributed by atoms with Gasteiger partial charge in [-0.2, -0.15) is 5.10 Å². The number of nitrogens with zero attached hydrogens (tertiary/aromatic N) is 6. The molecule has 2 aromatic carbocycles. The van der Waals surface area contributed by atoms with Crippen molar-refractivity contribution in [2.75, 3.05) is 31.7 Å². The Balaban J connectivity index is 1.47. The van der Waals surface area contributed by atoms with Gasteiger partial charge in [-0.05, 0) is 51.4 Å². The number of aromatic nitrogens is 5. The number of fused-ring (bicyclic) bond motifs is 2. The standard InChI is InChI=1S/C25H27N7O2S/c1-4-35(33,34)32-17-21(20-7-5-6-8-24(20)32)22-11-12-26-25(29-22)28-19-9-10-23-18(15-19)16-27-31(23)14-13-30(2)3/h5-12,15-17H,4,13-14H2,1-3H3,(H,26,28,29). The molecule has 1 N–H and O–H groups in total. The zero-order valence-corrected chi connectivity index (χ0v) is 20.7. The molecule has 0 amide bonds. The van der Waals surface area contributed by atoms with Crippen LogP contribution in [0.25, 0.3) is 33.1 Å². The van der Waals surface area contributed by atoms with Crippen LogP contribution in [0, 0.1) is 0 Å². The van der Waals surface area contributed by atoms with E-state index in [1.54, 1.807) is 31.5 Å². The molecule has 0 aliphatic heterocycles. The second kappa shape index (κ2) is 9.12. The van der Waals surface area contributed by atoms with Crippen molar-refractivity contribution in [1.29, 1.82) is 0 Å². The van der Waals surface area contributed by atoms with Crippen LogP contribution < -0.4 is 5.32 Å². The lowest BCUT2D eigenvalue weighted by Crippen LogP contribution is -2.18. The van der Waals surface area contributed by atoms with Crippen molar-refractivity contribution in [3.63, 3.8) is 0 Å². The van der Waals surface area contributed by atoms with E-state index in [1.807, 2.05) is 61.4 Å². The van der Waals surface area contributed by atoms with E-state index in [4.69, 9.17) is 0 Å². The van der Waals surface area contributed by atoms with Crippen LogP contribution in [0.5, 0.6) is 0 Å². The first-order valence-corrected chi connectivity index (χ1v) is 13.0. The van der Waals surface area contributed by atoms with Gasteiger partial charge < -0.3 is 10.2 Å². The van der Waals surface area contributed by atoms with E-state index in [2.05, 4.69) is 25.3 Å². The number of likely N-dealkylation sites (N-methyl/N-ethyl adjacent to an activating group) is 1. The van der Waals surface area contributed by atoms with Crippen LogP contribution in [-0.4, -0.2) is 63.4 Å². The SMILES string of the molecule is CCS(=O)(=O)n1cc(-c2ccnc(Nc3ccc4c(cnn4CCN(C)C)c3)n2)c2ccccc21. The summed E-state index contributed by atoms with van der Waals surface area (Å²) in [5.41, 5.74) is 3.92. The number of anilines is 2. The molecule has 0 saturated heterocycles. The topological polar surface area (TPSA) is 97.9 Å². The molecule has 0 spiro atoms. The molecule has 3 aromatic heterocycles. The molecule has 0 fully saturated rings. The maximum Gasteiger partial charge on any atom is 0.238 e. The Bertz CT molecular complexity index is 1620. The highest BCUT2D eigenvalue weighted by Crippen LogP contribution is 2.31. The first-order valence-electron chi connectivity index (χ1n) is 11.4. The summed E-state index contributed by atoms with van der Waals surface area (Å²) in [5, 5.41) is 9.62. The van der Waals surface area contributed by atoms with E-state index >= 15 is 0 Å². The molecule has 180 valence electrons. The third kappa shape index (κ3) is 4.50. The number of hydrogen-bond donors (Lipinski definition) is 1. The molecule has 5 rings (SSSR count). The molecule has 0 aliphatic carbocycles. The van der Waals surface area contributed by atoms with Gasteiger partial charge in [0.15, 0.2) is 0 Å². The van der Waals surface area contributed by atoms with Gasteiger partial charge in [0.1, 0.15) is 0 Å². The maximum absolute atomic E-state index is 12.7. The highest BCUT2D eigenvalue weighted by molar-refractivity contribution is 7.90. The summed E-state index contributed by atoms with van der Waals surface area (Å²) >= 11 is 0. The summed E-state index contributed by atoms with van der Waals surface area (Å²) in [5.74, 6) is 0.438. The summed E-state index contributed by atoms with van der Waals surface area (Å²) in [6.07, 6.45) is 5.17. The fourth-order valence-electron chi connectivity index (χ4n) is 4.06. The van der Waals surface area contributed by atoms with Crippen LogP contribution in [0.3, 0.4) is 0 Å². The van der Waals surface area contributed by atoms with E-state index in [0.717, 1.165) is 40.6 Å². The predicted octanol–water partition coefficient (Wildman–Crippen LogP) is 3.95. The lowest BCUT2D eigenvalue weighted by atomic mass is 10.1. The largest absolute Gasteiger partial charge is 0.324 e. The molecule has 0 radical (unpaired) electrons. The van der Waals surface area contributed by atoms with Gasteiger partial charge in [0.25, 0.3) is 0 Å². The lowest BCUT2D eigenvalue weighted by molar-refractivity contribution is 0.377. The number of hydrogen-bond acceptors (Lipinski definition) is 7. The average Bonchev–Trinajstić information content (AvgIpc) is 3.44. The molecular formula is C25H27N7O2S. The zero-order chi connectivity index (χ0) is 24.6. The van der Waals surface area contributed by atoms with Crippen LogP contribution in [-0.2, 0) is 16.6 Å². The second-order valence-electron chi connectivity index (χ2n) is 8.59. The van der Waals surface area contributed by atoms with Crippen LogP contribution in [0.1, 0.15) is 6.92 Å². The van der Waals surface area contributed by atoms with E-state index in [-0.39, 0.29) is 5.75 Å². The van der Waals surface area contributed by atoms with E-state index in [9.17, 15) is 8.42 Å². The smallest absolute Gasteiger partial charge is 0.238 e. The van der Waals surface area contributed by atoms with Gasteiger partial charge in [-0.25, -0.2) is 22.4 Å².